The van der Waals surface area contributed by atoms with Crippen molar-refractivity contribution in [3.05, 3.63) is 34.3 Å². The molecule has 5 heteroatoms. The van der Waals surface area contributed by atoms with E-state index in [0.29, 0.717) is 16.1 Å². The van der Waals surface area contributed by atoms with Gasteiger partial charge in [-0.1, -0.05) is 17.5 Å². The molecule has 94 valence electrons. The van der Waals surface area contributed by atoms with Gasteiger partial charge in [0.1, 0.15) is 6.54 Å². The smallest absolute Gasteiger partial charge is 0.323 e. The van der Waals surface area contributed by atoms with Gasteiger partial charge in [0, 0.05) is 10.6 Å². The maximum absolute atomic E-state index is 12.1. The first-order valence-corrected chi connectivity index (χ1v) is 5.54. The van der Waals surface area contributed by atoms with Crippen LogP contribution < -0.4 is 0 Å². The summed E-state index contributed by atoms with van der Waals surface area (Å²) in [6, 6.07) is 4.78. The van der Waals surface area contributed by atoms with Gasteiger partial charge in [0.15, 0.2) is 0 Å². The van der Waals surface area contributed by atoms with Crippen molar-refractivity contribution in [2.45, 2.75) is 6.92 Å². The number of halogens is 1. The highest BCUT2D eigenvalue weighted by Crippen LogP contribution is 2.16. The number of terminal acetylenes is 1. The van der Waals surface area contributed by atoms with E-state index in [2.05, 4.69) is 5.92 Å². The third-order valence-electron chi connectivity index (χ3n) is 2.31. The fourth-order valence-corrected chi connectivity index (χ4v) is 1.74. The topological polar surface area (TPSA) is 57.6 Å². The number of aryl methyl sites for hydroxylation is 1. The Morgan fingerprint density at radius 3 is 2.67 bits per heavy atom. The molecule has 1 aromatic carbocycles. The van der Waals surface area contributed by atoms with Gasteiger partial charge in [-0.2, -0.15) is 0 Å². The Kier molecular flexibility index (Phi) is 4.75. The van der Waals surface area contributed by atoms with E-state index in [1.807, 2.05) is 0 Å². The van der Waals surface area contributed by atoms with Crippen LogP contribution in [0.1, 0.15) is 15.9 Å². The Bertz CT molecular complexity index is 519. The summed E-state index contributed by atoms with van der Waals surface area (Å²) in [7, 11) is 0. The molecule has 0 aliphatic carbocycles. The van der Waals surface area contributed by atoms with E-state index in [1.54, 1.807) is 25.1 Å². The highest BCUT2D eigenvalue weighted by atomic mass is 35.5. The lowest BCUT2D eigenvalue weighted by Gasteiger charge is -2.19. The summed E-state index contributed by atoms with van der Waals surface area (Å²) in [4.78, 5) is 23.9. The molecule has 4 nitrogen and oxygen atoms in total. The Balaban J connectivity index is 3.02. The van der Waals surface area contributed by atoms with Gasteiger partial charge in [-0.3, -0.25) is 9.59 Å². The second-order valence-electron chi connectivity index (χ2n) is 3.72. The van der Waals surface area contributed by atoms with E-state index in [9.17, 15) is 9.59 Å². The predicted molar refractivity (Wildman–Crippen MR) is 68.6 cm³/mol. The summed E-state index contributed by atoms with van der Waals surface area (Å²) in [5.41, 5.74) is 1.08. The van der Waals surface area contributed by atoms with Gasteiger partial charge in [-0.15, -0.1) is 6.42 Å². The number of benzene rings is 1. The molecule has 0 aliphatic heterocycles. The molecule has 1 amide bonds. The molecule has 0 bridgehead atoms. The highest BCUT2D eigenvalue weighted by Gasteiger charge is 2.19. The molecule has 0 saturated carbocycles. The first-order chi connectivity index (χ1) is 8.45. The zero-order valence-corrected chi connectivity index (χ0v) is 10.6. The maximum atomic E-state index is 12.1. The standard InChI is InChI=1S/C13H12ClNO3/c1-3-6-15(8-12(16)17)13(18)11-5-4-10(14)7-9(11)2/h1,4-5,7H,6,8H2,2H3,(H,16,17). The number of amides is 1. The van der Waals surface area contributed by atoms with Crippen LogP contribution in [0, 0.1) is 19.3 Å². The first-order valence-electron chi connectivity index (χ1n) is 5.16. The van der Waals surface area contributed by atoms with Crippen LogP contribution in [0.15, 0.2) is 18.2 Å². The van der Waals surface area contributed by atoms with Crippen molar-refractivity contribution < 1.29 is 14.7 Å². The van der Waals surface area contributed by atoms with Gasteiger partial charge in [0.25, 0.3) is 5.91 Å². The number of hydrogen-bond donors (Lipinski definition) is 1. The average molecular weight is 266 g/mol. The van der Waals surface area contributed by atoms with Crippen LogP contribution in [0.5, 0.6) is 0 Å². The van der Waals surface area contributed by atoms with E-state index < -0.39 is 18.4 Å². The molecule has 0 spiro atoms. The lowest BCUT2D eigenvalue weighted by molar-refractivity contribution is -0.137. The summed E-state index contributed by atoms with van der Waals surface area (Å²) < 4.78 is 0. The SMILES string of the molecule is C#CCN(CC(=O)O)C(=O)c1ccc(Cl)cc1C. The van der Waals surface area contributed by atoms with Crippen LogP contribution in [0.4, 0.5) is 0 Å². The summed E-state index contributed by atoms with van der Waals surface area (Å²) in [6.45, 7) is 1.26. The minimum atomic E-state index is -1.11. The molecule has 0 heterocycles. The maximum Gasteiger partial charge on any atom is 0.323 e. The fourth-order valence-electron chi connectivity index (χ4n) is 1.51. The molecule has 0 radical (unpaired) electrons. The zero-order valence-electron chi connectivity index (χ0n) is 9.81. The van der Waals surface area contributed by atoms with Gasteiger partial charge in [0.05, 0.1) is 6.54 Å². The second kappa shape index (κ2) is 6.08. The molecule has 1 N–H and O–H groups in total. The molecular weight excluding hydrogens is 254 g/mol. The largest absolute Gasteiger partial charge is 0.480 e. The molecule has 0 aliphatic rings. The minimum Gasteiger partial charge on any atom is -0.480 e. The summed E-state index contributed by atoms with van der Waals surface area (Å²) in [6.07, 6.45) is 5.13. The predicted octanol–water partition coefficient (Wildman–Crippen LogP) is 1.81. The van der Waals surface area contributed by atoms with Gasteiger partial charge in [0.2, 0.25) is 0 Å². The third-order valence-corrected chi connectivity index (χ3v) is 2.55. The molecule has 18 heavy (non-hydrogen) atoms. The summed E-state index contributed by atoms with van der Waals surface area (Å²) >= 11 is 5.80. The van der Waals surface area contributed by atoms with Crippen molar-refractivity contribution in [2.75, 3.05) is 13.1 Å². The number of carboxylic acids is 1. The highest BCUT2D eigenvalue weighted by molar-refractivity contribution is 6.30. The van der Waals surface area contributed by atoms with Crippen molar-refractivity contribution >= 4 is 23.5 Å². The summed E-state index contributed by atoms with van der Waals surface area (Å²) in [5, 5.41) is 9.26. The van der Waals surface area contributed by atoms with Gasteiger partial charge >= 0.3 is 5.97 Å². The van der Waals surface area contributed by atoms with Crippen molar-refractivity contribution in [3.63, 3.8) is 0 Å². The molecule has 0 unspecified atom stereocenters. The molecule has 0 aromatic heterocycles. The fraction of sp³-hybridized carbons (Fsp3) is 0.231. The Hall–Kier alpha value is -1.99. The molecule has 0 fully saturated rings. The van der Waals surface area contributed by atoms with Crippen LogP contribution >= 0.6 is 11.6 Å². The Morgan fingerprint density at radius 2 is 2.17 bits per heavy atom. The Labute approximate surface area is 110 Å². The molecule has 1 rings (SSSR count). The van der Waals surface area contributed by atoms with Gasteiger partial charge in [-0.25, -0.2) is 0 Å². The third kappa shape index (κ3) is 3.51. The summed E-state index contributed by atoms with van der Waals surface area (Å²) in [5.74, 6) is 0.752. The van der Waals surface area contributed by atoms with Crippen LogP contribution in [0.3, 0.4) is 0 Å². The number of rotatable bonds is 4. The monoisotopic (exact) mass is 265 g/mol. The second-order valence-corrected chi connectivity index (χ2v) is 4.15. The normalized spacial score (nSPS) is 9.61. The van der Waals surface area contributed by atoms with E-state index in [4.69, 9.17) is 23.1 Å². The van der Waals surface area contributed by atoms with E-state index in [0.717, 1.165) is 4.90 Å². The van der Waals surface area contributed by atoms with Crippen LogP contribution in [-0.4, -0.2) is 35.0 Å². The number of carbonyl (C=O) groups excluding carboxylic acids is 1. The number of carbonyl (C=O) groups is 2. The van der Waals surface area contributed by atoms with Crippen LogP contribution in [-0.2, 0) is 4.79 Å². The number of hydrogen-bond acceptors (Lipinski definition) is 2. The minimum absolute atomic E-state index is 0.0484. The lowest BCUT2D eigenvalue weighted by atomic mass is 10.1. The van der Waals surface area contributed by atoms with Crippen LogP contribution in [0.2, 0.25) is 5.02 Å². The number of nitrogens with zero attached hydrogens (tertiary/aromatic N) is 1. The van der Waals surface area contributed by atoms with Crippen molar-refractivity contribution in [1.82, 2.24) is 4.90 Å². The van der Waals surface area contributed by atoms with Crippen LogP contribution in [0.25, 0.3) is 0 Å². The van der Waals surface area contributed by atoms with E-state index >= 15 is 0 Å². The number of carboxylic acid groups (broad SMARTS) is 1. The lowest BCUT2D eigenvalue weighted by Crippen LogP contribution is -2.36. The average Bonchev–Trinajstić information content (AvgIpc) is 2.27. The molecule has 1 aromatic rings. The van der Waals surface area contributed by atoms with E-state index in [-0.39, 0.29) is 6.54 Å². The van der Waals surface area contributed by atoms with Crippen molar-refractivity contribution in [1.29, 1.82) is 0 Å². The molecule has 0 atom stereocenters. The number of aliphatic carboxylic acids is 1. The Morgan fingerprint density at radius 1 is 1.50 bits per heavy atom. The quantitative estimate of drug-likeness (QED) is 0.845. The first kappa shape index (κ1) is 14.1. The molecular formula is C13H12ClNO3. The van der Waals surface area contributed by atoms with Gasteiger partial charge < -0.3 is 10.0 Å². The van der Waals surface area contributed by atoms with E-state index in [1.165, 1.54) is 0 Å². The van der Waals surface area contributed by atoms with Crippen molar-refractivity contribution in [3.8, 4) is 12.3 Å². The molecule has 0 saturated heterocycles. The van der Waals surface area contributed by atoms with Crippen molar-refractivity contribution in [2.24, 2.45) is 0 Å². The zero-order chi connectivity index (χ0) is 13.7. The van der Waals surface area contributed by atoms with Gasteiger partial charge in [-0.05, 0) is 30.7 Å².